The number of carbonyl (C=O) groups is 3. The van der Waals surface area contributed by atoms with Gasteiger partial charge in [0.2, 0.25) is 0 Å². The second-order valence-corrected chi connectivity index (χ2v) is 9.38. The Balaban J connectivity index is 0.000000722. The average molecular weight is 484 g/mol. The maximum absolute atomic E-state index is 10.3. The number of likely N-dealkylation sites (N-methyl/N-ethyl adjacent to an activating group) is 1. The van der Waals surface area contributed by atoms with Crippen LogP contribution in [0.2, 0.25) is 0 Å². The fourth-order valence-corrected chi connectivity index (χ4v) is 3.20. The van der Waals surface area contributed by atoms with Gasteiger partial charge in [0.05, 0.1) is 12.8 Å². The fraction of sp³-hybridized carbons (Fsp3) is 0.640. The molecule has 1 aromatic carbocycles. The molecule has 0 aromatic heterocycles. The lowest BCUT2D eigenvalue weighted by Gasteiger charge is -2.20. The van der Waals surface area contributed by atoms with Gasteiger partial charge in [-0.25, -0.2) is 4.79 Å². The van der Waals surface area contributed by atoms with Crippen LogP contribution in [0.3, 0.4) is 0 Å². The SMILES string of the molecule is CCN(CC)CCOc1ccccc1CCCC(C)(C)C.O=C(O)CC(O)(CC(=O)O)C(=O)O. The smallest absolute Gasteiger partial charge is 0.336 e. The van der Waals surface area contributed by atoms with Crippen LogP contribution in [-0.2, 0) is 20.8 Å². The molecule has 9 heteroatoms. The van der Waals surface area contributed by atoms with Crippen LogP contribution in [0.4, 0.5) is 0 Å². The molecular formula is C25H41NO8. The van der Waals surface area contributed by atoms with E-state index in [1.165, 1.54) is 18.4 Å². The number of aliphatic carboxylic acids is 3. The van der Waals surface area contributed by atoms with Crippen LogP contribution in [0.25, 0.3) is 0 Å². The van der Waals surface area contributed by atoms with Crippen molar-refractivity contribution in [2.45, 2.75) is 72.3 Å². The second-order valence-electron chi connectivity index (χ2n) is 9.38. The van der Waals surface area contributed by atoms with Crippen LogP contribution in [0, 0.1) is 5.41 Å². The van der Waals surface area contributed by atoms with Gasteiger partial charge in [-0.1, -0.05) is 52.8 Å². The molecule has 0 aliphatic carbocycles. The molecular weight excluding hydrogens is 442 g/mol. The first kappa shape index (κ1) is 31.4. The average Bonchev–Trinajstić information content (AvgIpc) is 2.70. The van der Waals surface area contributed by atoms with E-state index < -0.39 is 36.4 Å². The zero-order chi connectivity index (χ0) is 26.4. The molecule has 9 nitrogen and oxygen atoms in total. The molecule has 4 N–H and O–H groups in total. The van der Waals surface area contributed by atoms with E-state index in [-0.39, 0.29) is 0 Å². The number of nitrogens with zero attached hydrogens (tertiary/aromatic N) is 1. The van der Waals surface area contributed by atoms with Crippen LogP contribution in [0.5, 0.6) is 5.75 Å². The molecule has 0 fully saturated rings. The lowest BCUT2D eigenvalue weighted by molar-refractivity contribution is -0.170. The highest BCUT2D eigenvalue weighted by molar-refractivity contribution is 5.88. The van der Waals surface area contributed by atoms with Gasteiger partial charge in [0.1, 0.15) is 12.4 Å². The maximum Gasteiger partial charge on any atom is 0.336 e. The molecule has 1 rings (SSSR count). The van der Waals surface area contributed by atoms with Gasteiger partial charge in [-0.3, -0.25) is 9.59 Å². The molecule has 0 saturated carbocycles. The van der Waals surface area contributed by atoms with E-state index in [0.717, 1.165) is 38.4 Å². The van der Waals surface area contributed by atoms with Gasteiger partial charge in [-0.05, 0) is 49.4 Å². The molecule has 0 heterocycles. The summed E-state index contributed by atoms with van der Waals surface area (Å²) in [5.74, 6) is -3.95. The van der Waals surface area contributed by atoms with Crippen LogP contribution in [-0.4, -0.2) is 75.1 Å². The highest BCUT2D eigenvalue weighted by Crippen LogP contribution is 2.25. The molecule has 194 valence electrons. The second kappa shape index (κ2) is 15.3. The predicted molar refractivity (Wildman–Crippen MR) is 129 cm³/mol. The third kappa shape index (κ3) is 13.8. The highest BCUT2D eigenvalue weighted by Gasteiger charge is 2.40. The van der Waals surface area contributed by atoms with E-state index in [1.54, 1.807) is 0 Å². The number of aryl methyl sites for hydroxylation is 1. The van der Waals surface area contributed by atoms with Crippen molar-refractivity contribution in [3.8, 4) is 5.75 Å². The summed E-state index contributed by atoms with van der Waals surface area (Å²) in [5, 5.41) is 33.8. The molecule has 0 saturated heterocycles. The molecule has 0 aliphatic rings. The Hall–Kier alpha value is -2.65. The Morgan fingerprint density at radius 1 is 0.941 bits per heavy atom. The van der Waals surface area contributed by atoms with Crippen molar-refractivity contribution in [1.82, 2.24) is 4.90 Å². The molecule has 0 bridgehead atoms. The lowest BCUT2D eigenvalue weighted by atomic mass is 9.89. The number of rotatable bonds is 14. The Labute approximate surface area is 202 Å². The zero-order valence-corrected chi connectivity index (χ0v) is 21.0. The Bertz CT molecular complexity index is 752. The van der Waals surface area contributed by atoms with Crippen molar-refractivity contribution < 1.29 is 39.5 Å². The number of carboxylic acid groups (broad SMARTS) is 3. The highest BCUT2D eigenvalue weighted by atomic mass is 16.5. The van der Waals surface area contributed by atoms with E-state index >= 15 is 0 Å². The molecule has 0 atom stereocenters. The first-order chi connectivity index (χ1) is 15.7. The predicted octanol–water partition coefficient (Wildman–Crippen LogP) is 3.53. The summed E-state index contributed by atoms with van der Waals surface area (Å²) < 4.78 is 6.01. The van der Waals surface area contributed by atoms with E-state index in [1.807, 2.05) is 0 Å². The summed E-state index contributed by atoms with van der Waals surface area (Å²) in [6.45, 7) is 15.3. The van der Waals surface area contributed by atoms with E-state index in [0.29, 0.717) is 5.41 Å². The number of benzene rings is 1. The van der Waals surface area contributed by atoms with Gasteiger partial charge in [0, 0.05) is 6.54 Å². The molecule has 0 radical (unpaired) electrons. The van der Waals surface area contributed by atoms with Gasteiger partial charge in [-0.2, -0.15) is 0 Å². The molecule has 1 aromatic rings. The summed E-state index contributed by atoms with van der Waals surface area (Å²) >= 11 is 0. The van der Waals surface area contributed by atoms with E-state index in [2.05, 4.69) is 63.8 Å². The Morgan fingerprint density at radius 3 is 1.91 bits per heavy atom. The van der Waals surface area contributed by atoms with Crippen molar-refractivity contribution in [1.29, 1.82) is 0 Å². The maximum atomic E-state index is 10.3. The summed E-state index contributed by atoms with van der Waals surface area (Å²) in [6.07, 6.45) is 1.29. The summed E-state index contributed by atoms with van der Waals surface area (Å²) in [5.41, 5.74) is -0.975. The number of carboxylic acids is 3. The molecule has 34 heavy (non-hydrogen) atoms. The first-order valence-electron chi connectivity index (χ1n) is 11.6. The number of aliphatic hydroxyl groups is 1. The van der Waals surface area contributed by atoms with Gasteiger partial charge in [0.15, 0.2) is 5.60 Å². The van der Waals surface area contributed by atoms with E-state index in [4.69, 9.17) is 25.2 Å². The summed E-state index contributed by atoms with van der Waals surface area (Å²) in [6, 6.07) is 8.49. The third-order valence-electron chi connectivity index (χ3n) is 5.19. The number of hydrogen-bond donors (Lipinski definition) is 4. The zero-order valence-electron chi connectivity index (χ0n) is 21.0. The Morgan fingerprint density at radius 2 is 1.47 bits per heavy atom. The van der Waals surface area contributed by atoms with Crippen molar-refractivity contribution in [2.75, 3.05) is 26.2 Å². The minimum Gasteiger partial charge on any atom is -0.492 e. The quantitative estimate of drug-likeness (QED) is 0.312. The fourth-order valence-electron chi connectivity index (χ4n) is 3.20. The monoisotopic (exact) mass is 483 g/mol. The number of hydrogen-bond acceptors (Lipinski definition) is 6. The van der Waals surface area contributed by atoms with E-state index in [9.17, 15) is 14.4 Å². The normalized spacial score (nSPS) is 11.5. The lowest BCUT2D eigenvalue weighted by Crippen LogP contribution is -2.42. The molecule has 0 spiro atoms. The van der Waals surface area contributed by atoms with Gasteiger partial charge in [-0.15, -0.1) is 0 Å². The molecule has 0 aliphatic heterocycles. The van der Waals surface area contributed by atoms with Crippen molar-refractivity contribution >= 4 is 17.9 Å². The largest absolute Gasteiger partial charge is 0.492 e. The minimum absolute atomic E-state index is 0.415. The van der Waals surface area contributed by atoms with Crippen molar-refractivity contribution in [2.24, 2.45) is 5.41 Å². The minimum atomic E-state index is -2.74. The number of ether oxygens (including phenoxy) is 1. The molecule has 0 unspecified atom stereocenters. The third-order valence-corrected chi connectivity index (χ3v) is 5.19. The van der Waals surface area contributed by atoms with Crippen molar-refractivity contribution in [3.63, 3.8) is 0 Å². The summed E-state index contributed by atoms with van der Waals surface area (Å²) in [7, 11) is 0. The van der Waals surface area contributed by atoms with Crippen LogP contribution in [0.15, 0.2) is 24.3 Å². The standard InChI is InChI=1S/C19H33NO.C6H8O7/c1-6-20(7-2)15-16-21-18-13-9-8-11-17(18)12-10-14-19(3,4)5;7-3(8)1-6(13,5(11)12)2-4(9)10/h8-9,11,13H,6-7,10,12,14-16H2,1-5H3;13H,1-2H2,(H,7,8)(H,9,10)(H,11,12). The van der Waals surface area contributed by atoms with Gasteiger partial charge >= 0.3 is 17.9 Å². The van der Waals surface area contributed by atoms with Crippen molar-refractivity contribution in [3.05, 3.63) is 29.8 Å². The topological polar surface area (TPSA) is 145 Å². The first-order valence-corrected chi connectivity index (χ1v) is 11.6. The van der Waals surface area contributed by atoms with Crippen LogP contribution in [0.1, 0.15) is 65.9 Å². The Kier molecular flexibility index (Phi) is 14.1. The summed E-state index contributed by atoms with van der Waals surface area (Å²) in [4.78, 5) is 32.9. The van der Waals surface area contributed by atoms with Gasteiger partial charge in [0.25, 0.3) is 0 Å². The van der Waals surface area contributed by atoms with Gasteiger partial charge < -0.3 is 30.1 Å². The molecule has 0 amide bonds. The van der Waals surface area contributed by atoms with Crippen LogP contribution >= 0.6 is 0 Å². The number of para-hydroxylation sites is 1. The van der Waals surface area contributed by atoms with Crippen LogP contribution < -0.4 is 4.74 Å².